The van der Waals surface area contributed by atoms with Crippen molar-refractivity contribution in [1.82, 2.24) is 19.4 Å². The fraction of sp³-hybridized carbons (Fsp3) is 0.600. The van der Waals surface area contributed by atoms with Gasteiger partial charge in [-0.25, -0.2) is 9.78 Å². The van der Waals surface area contributed by atoms with Gasteiger partial charge >= 0.3 is 6.09 Å². The summed E-state index contributed by atoms with van der Waals surface area (Å²) in [6.07, 6.45) is 9.63. The number of amides is 2. The van der Waals surface area contributed by atoms with Gasteiger partial charge in [-0.2, -0.15) is 0 Å². The number of ether oxygens (including phenoxy) is 1. The van der Waals surface area contributed by atoms with Crippen molar-refractivity contribution < 1.29 is 14.3 Å². The molecule has 3 aliphatic rings. The van der Waals surface area contributed by atoms with Crippen LogP contribution in [-0.4, -0.2) is 50.6 Å². The highest BCUT2D eigenvalue weighted by Gasteiger charge is 2.59. The summed E-state index contributed by atoms with van der Waals surface area (Å²) in [5, 5.41) is 0. The molecule has 0 unspecified atom stereocenters. The lowest BCUT2D eigenvalue weighted by atomic mass is 9.75. The minimum Gasteiger partial charge on any atom is -0.447 e. The zero-order valence-corrected chi connectivity index (χ0v) is 19.8. The number of aryl methyl sites for hydroxylation is 1. The van der Waals surface area contributed by atoms with Crippen LogP contribution in [0.25, 0.3) is 0 Å². The molecule has 2 amide bonds. The summed E-state index contributed by atoms with van der Waals surface area (Å²) in [5.74, 6) is 0.994. The van der Waals surface area contributed by atoms with E-state index >= 15 is 0 Å². The summed E-state index contributed by atoms with van der Waals surface area (Å²) in [6, 6.07) is 1.92. The van der Waals surface area contributed by atoms with Gasteiger partial charge in [0.05, 0.1) is 30.2 Å². The molecule has 0 bridgehead atoms. The number of anilines is 1. The molecule has 1 saturated heterocycles. The van der Waals surface area contributed by atoms with Gasteiger partial charge in [0.25, 0.3) is 0 Å². The Morgan fingerprint density at radius 3 is 2.79 bits per heavy atom. The lowest BCUT2D eigenvalue weighted by Gasteiger charge is -2.46. The minimum atomic E-state index is -0.714. The molecule has 0 aromatic carbocycles. The van der Waals surface area contributed by atoms with E-state index in [0.717, 1.165) is 49.3 Å². The van der Waals surface area contributed by atoms with Crippen molar-refractivity contribution in [3.8, 4) is 0 Å². The molecule has 2 aliphatic heterocycles. The monoisotopic (exact) mass is 451 g/mol. The van der Waals surface area contributed by atoms with Gasteiger partial charge in [-0.15, -0.1) is 0 Å². The fourth-order valence-electron chi connectivity index (χ4n) is 5.46. The Hall–Kier alpha value is -2.90. The van der Waals surface area contributed by atoms with Gasteiger partial charge in [-0.05, 0) is 57.6 Å². The van der Waals surface area contributed by atoms with E-state index in [4.69, 9.17) is 9.72 Å². The van der Waals surface area contributed by atoms with Gasteiger partial charge in [0.1, 0.15) is 11.2 Å². The molecule has 5 rings (SSSR count). The maximum Gasteiger partial charge on any atom is 0.410 e. The predicted molar refractivity (Wildman–Crippen MR) is 124 cm³/mol. The molecular weight excluding hydrogens is 418 g/mol. The first-order chi connectivity index (χ1) is 15.9. The van der Waals surface area contributed by atoms with E-state index in [9.17, 15) is 9.59 Å². The summed E-state index contributed by atoms with van der Waals surface area (Å²) in [4.78, 5) is 39.0. The molecule has 8 nitrogen and oxygen atoms in total. The number of unbranched alkanes of at least 4 members (excludes halogenated alkanes) is 1. The van der Waals surface area contributed by atoms with Crippen molar-refractivity contribution in [2.45, 2.75) is 83.9 Å². The van der Waals surface area contributed by atoms with Crippen LogP contribution in [0.15, 0.2) is 18.5 Å². The van der Waals surface area contributed by atoms with Crippen LogP contribution in [0.4, 0.5) is 10.5 Å². The van der Waals surface area contributed by atoms with Crippen LogP contribution in [0.2, 0.25) is 0 Å². The van der Waals surface area contributed by atoms with E-state index in [2.05, 4.69) is 16.5 Å². The first-order valence-corrected chi connectivity index (χ1v) is 12.2. The second kappa shape index (κ2) is 8.47. The average molecular weight is 452 g/mol. The Bertz CT molecular complexity index is 1070. The van der Waals surface area contributed by atoms with Crippen molar-refractivity contribution >= 4 is 17.7 Å². The Kier molecular flexibility index (Phi) is 5.62. The van der Waals surface area contributed by atoms with Gasteiger partial charge in [-0.1, -0.05) is 13.3 Å². The van der Waals surface area contributed by atoms with Crippen LogP contribution in [-0.2, 0) is 40.9 Å². The summed E-state index contributed by atoms with van der Waals surface area (Å²) in [5.41, 5.74) is 3.62. The van der Waals surface area contributed by atoms with Gasteiger partial charge in [0.2, 0.25) is 5.91 Å². The lowest BCUT2D eigenvalue weighted by Crippen LogP contribution is -2.65. The lowest BCUT2D eigenvalue weighted by molar-refractivity contribution is -0.128. The zero-order chi connectivity index (χ0) is 23.2. The standard InChI is InChI=1S/C25H33N5O3/c1-4-5-12-29-20-9-7-6-8-19(20)27-22(29)14-30-21-13-26-11-10-18(21)25(23(30)31)15-28(16-25)24(32)33-17(2)3/h10-11,13,17H,4-9,12,14-16H2,1-3H3. The Morgan fingerprint density at radius 1 is 1.24 bits per heavy atom. The van der Waals surface area contributed by atoms with E-state index in [0.29, 0.717) is 19.6 Å². The van der Waals surface area contributed by atoms with Gasteiger partial charge in [-0.3, -0.25) is 9.78 Å². The summed E-state index contributed by atoms with van der Waals surface area (Å²) >= 11 is 0. The number of hydrogen-bond acceptors (Lipinski definition) is 5. The fourth-order valence-corrected chi connectivity index (χ4v) is 5.46. The minimum absolute atomic E-state index is 0.0297. The van der Waals surface area contributed by atoms with Crippen LogP contribution in [0.3, 0.4) is 0 Å². The molecule has 2 aromatic heterocycles. The molecule has 33 heavy (non-hydrogen) atoms. The first-order valence-electron chi connectivity index (χ1n) is 12.2. The second-order valence-electron chi connectivity index (χ2n) is 9.79. The van der Waals surface area contributed by atoms with Crippen molar-refractivity contribution in [2.75, 3.05) is 18.0 Å². The van der Waals surface area contributed by atoms with Crippen LogP contribution < -0.4 is 4.90 Å². The molecule has 1 aliphatic carbocycles. The number of nitrogens with zero attached hydrogens (tertiary/aromatic N) is 5. The number of likely N-dealkylation sites (tertiary alicyclic amines) is 1. The predicted octanol–water partition coefficient (Wildman–Crippen LogP) is 3.60. The molecule has 176 valence electrons. The summed E-state index contributed by atoms with van der Waals surface area (Å²) in [6.45, 7) is 7.92. The molecular formula is C25H33N5O3. The van der Waals surface area contributed by atoms with Gasteiger partial charge in [0, 0.05) is 31.5 Å². The molecule has 8 heteroatoms. The normalized spacial score (nSPS) is 18.5. The molecule has 1 spiro atoms. The Labute approximate surface area is 194 Å². The third kappa shape index (κ3) is 3.60. The van der Waals surface area contributed by atoms with E-state index < -0.39 is 5.41 Å². The molecule has 0 radical (unpaired) electrons. The highest BCUT2D eigenvalue weighted by molar-refractivity contribution is 6.09. The number of fused-ring (bicyclic) bond motifs is 3. The van der Waals surface area contributed by atoms with Crippen LogP contribution in [0.5, 0.6) is 0 Å². The number of rotatable bonds is 6. The molecule has 0 saturated carbocycles. The van der Waals surface area contributed by atoms with E-state index in [1.807, 2.05) is 24.8 Å². The quantitative estimate of drug-likeness (QED) is 0.670. The molecule has 0 N–H and O–H groups in total. The summed E-state index contributed by atoms with van der Waals surface area (Å²) < 4.78 is 7.70. The SMILES string of the molecule is CCCCn1c(CN2C(=O)C3(CN(C(=O)OC(C)C)C3)c3ccncc32)nc2c1CCCC2. The smallest absolute Gasteiger partial charge is 0.410 e. The Balaban J connectivity index is 1.43. The summed E-state index contributed by atoms with van der Waals surface area (Å²) in [7, 11) is 0. The highest BCUT2D eigenvalue weighted by Crippen LogP contribution is 2.47. The number of hydrogen-bond donors (Lipinski definition) is 0. The van der Waals surface area contributed by atoms with Gasteiger partial charge in [0.15, 0.2) is 0 Å². The Morgan fingerprint density at radius 2 is 2.03 bits per heavy atom. The molecule has 1 fully saturated rings. The van der Waals surface area contributed by atoms with E-state index in [1.165, 1.54) is 24.2 Å². The first kappa shape index (κ1) is 21.9. The second-order valence-corrected chi connectivity index (χ2v) is 9.79. The van der Waals surface area contributed by atoms with Crippen molar-refractivity contribution in [1.29, 1.82) is 0 Å². The van der Waals surface area contributed by atoms with Crippen molar-refractivity contribution in [3.63, 3.8) is 0 Å². The molecule has 2 aromatic rings. The largest absolute Gasteiger partial charge is 0.447 e. The third-order valence-corrected chi connectivity index (χ3v) is 7.12. The number of carbonyl (C=O) groups is 2. The van der Waals surface area contributed by atoms with Crippen LogP contribution in [0.1, 0.15) is 69.2 Å². The number of imidazole rings is 1. The van der Waals surface area contributed by atoms with Crippen molar-refractivity contribution in [2.24, 2.45) is 0 Å². The highest BCUT2D eigenvalue weighted by atomic mass is 16.6. The van der Waals surface area contributed by atoms with Crippen LogP contribution in [0, 0.1) is 0 Å². The van der Waals surface area contributed by atoms with E-state index in [1.54, 1.807) is 17.3 Å². The average Bonchev–Trinajstić information content (AvgIpc) is 3.23. The molecule has 0 atom stereocenters. The number of carbonyl (C=O) groups excluding carboxylic acids is 2. The number of pyridine rings is 1. The third-order valence-electron chi connectivity index (χ3n) is 7.12. The molecule has 4 heterocycles. The zero-order valence-electron chi connectivity index (χ0n) is 19.8. The maximum atomic E-state index is 13.8. The van der Waals surface area contributed by atoms with Gasteiger partial charge < -0.3 is 19.1 Å². The number of aromatic nitrogens is 3. The van der Waals surface area contributed by atoms with Crippen molar-refractivity contribution in [3.05, 3.63) is 41.2 Å². The van der Waals surface area contributed by atoms with E-state index in [-0.39, 0.29) is 18.1 Å². The maximum absolute atomic E-state index is 13.8. The van der Waals surface area contributed by atoms with Crippen LogP contribution >= 0.6 is 0 Å². The topological polar surface area (TPSA) is 80.6 Å².